The highest BCUT2D eigenvalue weighted by molar-refractivity contribution is 8.00. The first-order valence-electron chi connectivity index (χ1n) is 9.71. The molecule has 0 fully saturated rings. The maximum Gasteiger partial charge on any atom is 0.335 e. The monoisotopic (exact) mass is 468 g/mol. The van der Waals surface area contributed by atoms with E-state index in [2.05, 4.69) is 10.6 Å². The molecular weight excluding hydrogens is 448 g/mol. The molecule has 1 unspecified atom stereocenters. The van der Waals surface area contributed by atoms with Gasteiger partial charge in [0, 0.05) is 26.9 Å². The van der Waals surface area contributed by atoms with Gasteiger partial charge in [-0.2, -0.15) is 0 Å². The first kappa shape index (κ1) is 23.4. The summed E-state index contributed by atoms with van der Waals surface area (Å²) in [6, 6.07) is 18.4. The zero-order valence-electron chi connectivity index (χ0n) is 17.4. The van der Waals surface area contributed by atoms with Crippen LogP contribution in [0.5, 0.6) is 0 Å². The molecular formula is C24H21ClN2O4S. The van der Waals surface area contributed by atoms with Crippen LogP contribution in [0.3, 0.4) is 0 Å². The van der Waals surface area contributed by atoms with Crippen molar-refractivity contribution in [1.82, 2.24) is 0 Å². The maximum absolute atomic E-state index is 12.6. The largest absolute Gasteiger partial charge is 0.478 e. The van der Waals surface area contributed by atoms with Gasteiger partial charge in [0.1, 0.15) is 0 Å². The quantitative estimate of drug-likeness (QED) is 0.385. The number of halogens is 1. The van der Waals surface area contributed by atoms with E-state index in [1.807, 2.05) is 12.1 Å². The van der Waals surface area contributed by atoms with Crippen LogP contribution in [-0.2, 0) is 4.79 Å². The number of carboxylic acids is 1. The van der Waals surface area contributed by atoms with E-state index < -0.39 is 11.2 Å². The Morgan fingerprint density at radius 2 is 1.66 bits per heavy atom. The van der Waals surface area contributed by atoms with Crippen molar-refractivity contribution < 1.29 is 19.5 Å². The summed E-state index contributed by atoms with van der Waals surface area (Å²) >= 11 is 7.28. The van der Waals surface area contributed by atoms with Crippen molar-refractivity contribution in [3.8, 4) is 0 Å². The Balaban J connectivity index is 1.60. The van der Waals surface area contributed by atoms with Crippen molar-refractivity contribution >= 4 is 52.5 Å². The number of thioether (sulfide) groups is 1. The molecule has 8 heteroatoms. The number of rotatable bonds is 7. The van der Waals surface area contributed by atoms with Gasteiger partial charge in [-0.3, -0.25) is 9.59 Å². The molecule has 0 spiro atoms. The minimum Gasteiger partial charge on any atom is -0.478 e. The Kier molecular flexibility index (Phi) is 7.56. The molecule has 3 aromatic rings. The highest BCUT2D eigenvalue weighted by Crippen LogP contribution is 2.27. The van der Waals surface area contributed by atoms with Gasteiger partial charge in [0.2, 0.25) is 5.91 Å². The van der Waals surface area contributed by atoms with Gasteiger partial charge in [-0.15, -0.1) is 11.8 Å². The summed E-state index contributed by atoms with van der Waals surface area (Å²) in [5.74, 6) is -1.55. The van der Waals surface area contributed by atoms with E-state index in [1.54, 1.807) is 56.3 Å². The Bertz CT molecular complexity index is 1160. The van der Waals surface area contributed by atoms with Crippen molar-refractivity contribution in [2.75, 3.05) is 10.6 Å². The van der Waals surface area contributed by atoms with Crippen LogP contribution in [0.15, 0.2) is 71.6 Å². The summed E-state index contributed by atoms with van der Waals surface area (Å²) in [7, 11) is 0. The van der Waals surface area contributed by atoms with Gasteiger partial charge >= 0.3 is 5.97 Å². The molecule has 2 amide bonds. The van der Waals surface area contributed by atoms with E-state index >= 15 is 0 Å². The van der Waals surface area contributed by atoms with Crippen LogP contribution < -0.4 is 10.6 Å². The lowest BCUT2D eigenvalue weighted by molar-refractivity contribution is -0.115. The van der Waals surface area contributed by atoms with Gasteiger partial charge in [-0.1, -0.05) is 23.7 Å². The van der Waals surface area contributed by atoms with E-state index in [4.69, 9.17) is 16.7 Å². The van der Waals surface area contributed by atoms with Crippen LogP contribution >= 0.6 is 23.4 Å². The molecule has 3 aromatic carbocycles. The molecule has 6 nitrogen and oxygen atoms in total. The predicted octanol–water partition coefficient (Wildman–Crippen LogP) is 5.72. The van der Waals surface area contributed by atoms with Crippen LogP contribution in [0.1, 0.15) is 33.2 Å². The van der Waals surface area contributed by atoms with E-state index in [0.29, 0.717) is 22.0 Å². The molecule has 0 bridgehead atoms. The molecule has 164 valence electrons. The predicted molar refractivity (Wildman–Crippen MR) is 128 cm³/mol. The normalized spacial score (nSPS) is 11.5. The zero-order valence-corrected chi connectivity index (χ0v) is 19.0. The topological polar surface area (TPSA) is 95.5 Å². The molecule has 0 aliphatic heterocycles. The van der Waals surface area contributed by atoms with Crippen LogP contribution in [0.4, 0.5) is 11.4 Å². The smallest absolute Gasteiger partial charge is 0.335 e. The van der Waals surface area contributed by atoms with Gasteiger partial charge < -0.3 is 15.7 Å². The van der Waals surface area contributed by atoms with Crippen molar-refractivity contribution in [3.05, 3.63) is 88.4 Å². The number of benzene rings is 3. The number of anilines is 2. The lowest BCUT2D eigenvalue weighted by atomic mass is 10.1. The van der Waals surface area contributed by atoms with Gasteiger partial charge in [0.05, 0.1) is 10.8 Å². The van der Waals surface area contributed by atoms with Crippen molar-refractivity contribution in [2.24, 2.45) is 0 Å². The second-order valence-corrected chi connectivity index (χ2v) is 8.92. The molecule has 3 rings (SSSR count). The molecule has 0 radical (unpaired) electrons. The highest BCUT2D eigenvalue weighted by Gasteiger charge is 2.17. The Morgan fingerprint density at radius 3 is 2.31 bits per heavy atom. The summed E-state index contributed by atoms with van der Waals surface area (Å²) in [5.41, 5.74) is 2.45. The van der Waals surface area contributed by atoms with Gasteiger partial charge in [0.15, 0.2) is 0 Å². The number of hydrogen-bond donors (Lipinski definition) is 3. The summed E-state index contributed by atoms with van der Waals surface area (Å²) in [4.78, 5) is 36.9. The van der Waals surface area contributed by atoms with Gasteiger partial charge in [-0.05, 0) is 74.0 Å². The fraction of sp³-hybridized carbons (Fsp3) is 0.125. The molecule has 0 saturated heterocycles. The van der Waals surface area contributed by atoms with E-state index in [9.17, 15) is 14.4 Å². The summed E-state index contributed by atoms with van der Waals surface area (Å²) in [6.07, 6.45) is 0. The Labute approximate surface area is 195 Å². The fourth-order valence-corrected chi connectivity index (χ4v) is 3.89. The fourth-order valence-electron chi connectivity index (χ4n) is 2.83. The number of carboxylic acid groups (broad SMARTS) is 1. The van der Waals surface area contributed by atoms with Crippen LogP contribution in [0.2, 0.25) is 5.02 Å². The lowest BCUT2D eigenvalue weighted by Gasteiger charge is -2.14. The van der Waals surface area contributed by atoms with Crippen LogP contribution in [0, 0.1) is 6.92 Å². The maximum atomic E-state index is 12.6. The second-order valence-electron chi connectivity index (χ2n) is 7.07. The van der Waals surface area contributed by atoms with Crippen molar-refractivity contribution in [3.63, 3.8) is 0 Å². The van der Waals surface area contributed by atoms with Crippen LogP contribution in [-0.4, -0.2) is 28.1 Å². The van der Waals surface area contributed by atoms with E-state index in [-0.39, 0.29) is 17.4 Å². The van der Waals surface area contributed by atoms with Crippen molar-refractivity contribution in [1.29, 1.82) is 0 Å². The minimum absolute atomic E-state index is 0.113. The minimum atomic E-state index is -1.05. The third-order valence-corrected chi connectivity index (χ3v) is 5.97. The Hall–Kier alpha value is -3.29. The first-order chi connectivity index (χ1) is 15.2. The Morgan fingerprint density at radius 1 is 0.938 bits per heavy atom. The third kappa shape index (κ3) is 6.12. The molecule has 0 aromatic heterocycles. The summed E-state index contributed by atoms with van der Waals surface area (Å²) in [5, 5.41) is 14.8. The molecule has 32 heavy (non-hydrogen) atoms. The molecule has 1 atom stereocenters. The highest BCUT2D eigenvalue weighted by atomic mass is 35.5. The average Bonchev–Trinajstić information content (AvgIpc) is 2.76. The number of aromatic carboxylic acids is 1. The number of hydrogen-bond acceptors (Lipinski definition) is 4. The summed E-state index contributed by atoms with van der Waals surface area (Å²) in [6.45, 7) is 3.57. The number of amides is 2. The van der Waals surface area contributed by atoms with Crippen molar-refractivity contribution in [2.45, 2.75) is 24.0 Å². The van der Waals surface area contributed by atoms with Gasteiger partial charge in [0.25, 0.3) is 5.91 Å². The number of carbonyl (C=O) groups excluding carboxylic acids is 2. The van der Waals surface area contributed by atoms with E-state index in [0.717, 1.165) is 10.5 Å². The second kappa shape index (κ2) is 10.3. The zero-order chi connectivity index (χ0) is 23.3. The molecule has 3 N–H and O–H groups in total. The molecule has 0 aliphatic rings. The number of nitrogens with one attached hydrogen (secondary N) is 2. The standard InChI is InChI=1S/C24H21ClN2O4S/c1-14-6-7-17(24(30)31)13-21(14)27-22(28)15(2)32-20-10-8-19(9-11-20)26-23(29)16-4-3-5-18(25)12-16/h3-13,15H,1-2H3,(H,26,29)(H,27,28)(H,30,31). The molecule has 0 aliphatic carbocycles. The van der Waals surface area contributed by atoms with Gasteiger partial charge in [-0.25, -0.2) is 4.79 Å². The number of carbonyl (C=O) groups is 3. The number of aryl methyl sites for hydroxylation is 1. The molecule has 0 saturated carbocycles. The third-order valence-electron chi connectivity index (χ3n) is 4.62. The van der Waals surface area contributed by atoms with E-state index in [1.165, 1.54) is 23.9 Å². The lowest BCUT2D eigenvalue weighted by Crippen LogP contribution is -2.23. The SMILES string of the molecule is Cc1ccc(C(=O)O)cc1NC(=O)C(C)Sc1ccc(NC(=O)c2cccc(Cl)c2)cc1. The summed E-state index contributed by atoms with van der Waals surface area (Å²) < 4.78 is 0. The van der Waals surface area contributed by atoms with Crippen LogP contribution in [0.25, 0.3) is 0 Å². The average molecular weight is 469 g/mol. The molecule has 0 heterocycles. The first-order valence-corrected chi connectivity index (χ1v) is 11.0.